The predicted molar refractivity (Wildman–Crippen MR) is 67.9 cm³/mol. The molecular formula is C12H23N3O3. The van der Waals surface area contributed by atoms with E-state index in [9.17, 15) is 9.59 Å². The molecule has 0 aromatic rings. The second-order valence-corrected chi connectivity index (χ2v) is 4.98. The molecule has 0 atom stereocenters. The molecule has 6 heteroatoms. The number of carbonyl (C=O) groups is 2. The van der Waals surface area contributed by atoms with Crippen LogP contribution in [-0.2, 0) is 14.3 Å². The SMILES string of the molecule is CCCCN(CC(N)=O)C(=O)COC1(C)CNC1. The minimum Gasteiger partial charge on any atom is -0.368 e. The van der Waals surface area contributed by atoms with Crippen molar-refractivity contribution < 1.29 is 14.3 Å². The first kappa shape index (κ1) is 14.9. The van der Waals surface area contributed by atoms with Crippen LogP contribution in [0, 0.1) is 0 Å². The molecule has 0 radical (unpaired) electrons. The number of hydrogen-bond donors (Lipinski definition) is 2. The first-order chi connectivity index (χ1) is 8.47. The van der Waals surface area contributed by atoms with Crippen molar-refractivity contribution in [3.63, 3.8) is 0 Å². The monoisotopic (exact) mass is 257 g/mol. The molecule has 104 valence electrons. The van der Waals surface area contributed by atoms with E-state index in [1.165, 1.54) is 4.90 Å². The molecule has 6 nitrogen and oxygen atoms in total. The molecule has 1 saturated heterocycles. The molecule has 1 aliphatic heterocycles. The van der Waals surface area contributed by atoms with E-state index >= 15 is 0 Å². The van der Waals surface area contributed by atoms with Crippen molar-refractivity contribution in [3.8, 4) is 0 Å². The fourth-order valence-corrected chi connectivity index (χ4v) is 1.74. The van der Waals surface area contributed by atoms with Gasteiger partial charge < -0.3 is 20.7 Å². The molecule has 0 unspecified atom stereocenters. The molecule has 0 aliphatic carbocycles. The maximum atomic E-state index is 11.9. The highest BCUT2D eigenvalue weighted by Crippen LogP contribution is 2.15. The highest BCUT2D eigenvalue weighted by molar-refractivity contribution is 5.84. The van der Waals surface area contributed by atoms with Crippen molar-refractivity contribution in [3.05, 3.63) is 0 Å². The number of hydrogen-bond acceptors (Lipinski definition) is 4. The summed E-state index contributed by atoms with van der Waals surface area (Å²) in [4.78, 5) is 24.3. The summed E-state index contributed by atoms with van der Waals surface area (Å²) >= 11 is 0. The van der Waals surface area contributed by atoms with Gasteiger partial charge in [-0.1, -0.05) is 13.3 Å². The van der Waals surface area contributed by atoms with Crippen molar-refractivity contribution in [1.29, 1.82) is 0 Å². The van der Waals surface area contributed by atoms with Crippen LogP contribution in [0.25, 0.3) is 0 Å². The Kier molecular flexibility index (Phi) is 5.55. The summed E-state index contributed by atoms with van der Waals surface area (Å²) in [6.45, 7) is 6.03. The highest BCUT2D eigenvalue weighted by Gasteiger charge is 2.33. The van der Waals surface area contributed by atoms with E-state index in [0.29, 0.717) is 6.54 Å². The number of nitrogens with two attached hydrogens (primary N) is 1. The van der Waals surface area contributed by atoms with Crippen LogP contribution in [0.4, 0.5) is 0 Å². The molecule has 0 aromatic heterocycles. The van der Waals surface area contributed by atoms with Crippen LogP contribution >= 0.6 is 0 Å². The maximum Gasteiger partial charge on any atom is 0.249 e. The van der Waals surface area contributed by atoms with Crippen LogP contribution < -0.4 is 11.1 Å². The number of nitrogens with zero attached hydrogens (tertiary/aromatic N) is 1. The molecule has 1 aliphatic rings. The Morgan fingerprint density at radius 1 is 1.44 bits per heavy atom. The van der Waals surface area contributed by atoms with Gasteiger partial charge in [0.1, 0.15) is 6.61 Å². The fourth-order valence-electron chi connectivity index (χ4n) is 1.74. The van der Waals surface area contributed by atoms with Gasteiger partial charge in [0.2, 0.25) is 11.8 Å². The second-order valence-electron chi connectivity index (χ2n) is 4.98. The van der Waals surface area contributed by atoms with Gasteiger partial charge in [-0.15, -0.1) is 0 Å². The Labute approximate surface area is 108 Å². The summed E-state index contributed by atoms with van der Waals surface area (Å²) < 4.78 is 5.56. The lowest BCUT2D eigenvalue weighted by atomic mass is 10.0. The van der Waals surface area contributed by atoms with Gasteiger partial charge in [0, 0.05) is 19.6 Å². The van der Waals surface area contributed by atoms with Crippen LogP contribution in [0.15, 0.2) is 0 Å². The van der Waals surface area contributed by atoms with E-state index in [4.69, 9.17) is 10.5 Å². The summed E-state index contributed by atoms with van der Waals surface area (Å²) in [5.41, 5.74) is 4.89. The summed E-state index contributed by atoms with van der Waals surface area (Å²) in [7, 11) is 0. The lowest BCUT2D eigenvalue weighted by Gasteiger charge is -2.39. The maximum absolute atomic E-state index is 11.9. The average molecular weight is 257 g/mol. The minimum atomic E-state index is -0.490. The Bertz CT molecular complexity index is 303. The Hall–Kier alpha value is -1.14. The third kappa shape index (κ3) is 4.62. The zero-order valence-corrected chi connectivity index (χ0v) is 11.2. The summed E-state index contributed by atoms with van der Waals surface area (Å²) in [5, 5.41) is 3.10. The van der Waals surface area contributed by atoms with Crippen molar-refractivity contribution in [2.45, 2.75) is 32.3 Å². The van der Waals surface area contributed by atoms with Gasteiger partial charge >= 0.3 is 0 Å². The quantitative estimate of drug-likeness (QED) is 0.613. The Morgan fingerprint density at radius 2 is 2.11 bits per heavy atom. The van der Waals surface area contributed by atoms with Gasteiger partial charge in [0.15, 0.2) is 0 Å². The molecule has 0 spiro atoms. The van der Waals surface area contributed by atoms with Crippen LogP contribution in [-0.4, -0.2) is 55.1 Å². The highest BCUT2D eigenvalue weighted by atomic mass is 16.5. The van der Waals surface area contributed by atoms with Crippen molar-refractivity contribution in [2.75, 3.05) is 32.8 Å². The lowest BCUT2D eigenvalue weighted by molar-refractivity contribution is -0.147. The van der Waals surface area contributed by atoms with E-state index in [1.807, 2.05) is 13.8 Å². The van der Waals surface area contributed by atoms with Gasteiger partial charge in [0.05, 0.1) is 12.1 Å². The summed E-state index contributed by atoms with van der Waals surface area (Å²) in [6.07, 6.45) is 1.82. The number of carbonyl (C=O) groups excluding carboxylic acids is 2. The first-order valence-corrected chi connectivity index (χ1v) is 6.37. The van der Waals surface area contributed by atoms with Crippen molar-refractivity contribution in [1.82, 2.24) is 10.2 Å². The molecular weight excluding hydrogens is 234 g/mol. The molecule has 1 fully saturated rings. The zero-order valence-electron chi connectivity index (χ0n) is 11.2. The molecule has 2 amide bonds. The van der Waals surface area contributed by atoms with Crippen molar-refractivity contribution in [2.24, 2.45) is 5.73 Å². The number of ether oxygens (including phenoxy) is 1. The van der Waals surface area contributed by atoms with E-state index in [0.717, 1.165) is 25.9 Å². The van der Waals surface area contributed by atoms with Gasteiger partial charge in [-0.2, -0.15) is 0 Å². The molecule has 18 heavy (non-hydrogen) atoms. The molecule has 1 rings (SSSR count). The molecule has 0 bridgehead atoms. The number of nitrogens with one attached hydrogen (secondary N) is 1. The number of unbranched alkanes of at least 4 members (excludes halogenated alkanes) is 1. The molecule has 0 saturated carbocycles. The number of primary amides is 1. The van der Waals surface area contributed by atoms with Gasteiger partial charge in [-0.25, -0.2) is 0 Å². The van der Waals surface area contributed by atoms with E-state index in [2.05, 4.69) is 5.32 Å². The van der Waals surface area contributed by atoms with Gasteiger partial charge in [-0.05, 0) is 13.3 Å². The molecule has 0 aromatic carbocycles. The van der Waals surface area contributed by atoms with Crippen molar-refractivity contribution >= 4 is 11.8 Å². The Balaban J connectivity index is 2.39. The topological polar surface area (TPSA) is 84.7 Å². The van der Waals surface area contributed by atoms with E-state index in [1.54, 1.807) is 0 Å². The first-order valence-electron chi connectivity index (χ1n) is 6.37. The largest absolute Gasteiger partial charge is 0.368 e. The molecule has 1 heterocycles. The number of rotatable bonds is 8. The van der Waals surface area contributed by atoms with Crippen LogP contribution in [0.5, 0.6) is 0 Å². The van der Waals surface area contributed by atoms with E-state index in [-0.39, 0.29) is 24.7 Å². The van der Waals surface area contributed by atoms with Gasteiger partial charge in [-0.3, -0.25) is 9.59 Å². The van der Waals surface area contributed by atoms with Gasteiger partial charge in [0.25, 0.3) is 0 Å². The van der Waals surface area contributed by atoms with Crippen LogP contribution in [0.3, 0.4) is 0 Å². The third-order valence-corrected chi connectivity index (χ3v) is 3.02. The zero-order chi connectivity index (χ0) is 13.6. The van der Waals surface area contributed by atoms with E-state index < -0.39 is 5.91 Å². The normalized spacial score (nSPS) is 17.0. The van der Waals surface area contributed by atoms with Crippen LogP contribution in [0.2, 0.25) is 0 Å². The lowest BCUT2D eigenvalue weighted by Crippen LogP contribution is -2.59. The standard InChI is InChI=1S/C12H23N3O3/c1-3-4-5-15(6-10(13)16)11(17)7-18-12(2)8-14-9-12/h14H,3-9H2,1-2H3,(H2,13,16). The third-order valence-electron chi connectivity index (χ3n) is 3.02. The second kappa shape index (κ2) is 6.70. The summed E-state index contributed by atoms with van der Waals surface area (Å²) in [5.74, 6) is -0.661. The molecule has 3 N–H and O–H groups in total. The Morgan fingerprint density at radius 3 is 2.56 bits per heavy atom. The summed E-state index contributed by atoms with van der Waals surface area (Å²) in [6, 6.07) is 0. The minimum absolute atomic E-state index is 0.00910. The smallest absolute Gasteiger partial charge is 0.249 e. The van der Waals surface area contributed by atoms with Crippen LogP contribution in [0.1, 0.15) is 26.7 Å². The predicted octanol–water partition coefficient (Wildman–Crippen LogP) is -0.521. The number of amides is 2. The average Bonchev–Trinajstić information content (AvgIpc) is 2.28. The fraction of sp³-hybridized carbons (Fsp3) is 0.833.